The molecule has 5 heteroatoms. The molecule has 0 radical (unpaired) electrons. The first-order valence-electron chi connectivity index (χ1n) is 5.99. The molecule has 0 aromatic rings. The summed E-state index contributed by atoms with van der Waals surface area (Å²) in [5.41, 5.74) is 5.67. The van der Waals surface area contributed by atoms with Crippen molar-refractivity contribution in [1.29, 1.82) is 0 Å². The van der Waals surface area contributed by atoms with Crippen LogP contribution in [-0.4, -0.2) is 39.2 Å². The normalized spacial score (nSPS) is 30.8. The Bertz CT molecular complexity index is 315. The molecular weight excluding hydrogens is 226 g/mol. The van der Waals surface area contributed by atoms with Gasteiger partial charge in [-0.15, -0.1) is 0 Å². The summed E-state index contributed by atoms with van der Waals surface area (Å²) in [5, 5.41) is -0.207. The van der Waals surface area contributed by atoms with E-state index in [9.17, 15) is 8.42 Å². The van der Waals surface area contributed by atoms with Crippen LogP contribution in [0.4, 0.5) is 0 Å². The first kappa shape index (κ1) is 13.9. The fraction of sp³-hybridized carbons (Fsp3) is 1.00. The van der Waals surface area contributed by atoms with Crippen LogP contribution in [-0.2, 0) is 14.6 Å². The highest BCUT2D eigenvalue weighted by Crippen LogP contribution is 2.40. The third kappa shape index (κ3) is 2.96. The molecule has 0 aromatic heterocycles. The molecule has 0 heterocycles. The fourth-order valence-electron chi connectivity index (χ4n) is 2.39. The first-order chi connectivity index (χ1) is 7.49. The van der Waals surface area contributed by atoms with Crippen LogP contribution in [0.15, 0.2) is 0 Å². The predicted molar refractivity (Wildman–Crippen MR) is 65.1 cm³/mol. The number of hydrogen-bond acceptors (Lipinski definition) is 4. The van der Waals surface area contributed by atoms with E-state index in [4.69, 9.17) is 10.5 Å². The van der Waals surface area contributed by atoms with Gasteiger partial charge >= 0.3 is 0 Å². The molecular formula is C11H23NO3S. The Morgan fingerprint density at radius 3 is 2.62 bits per heavy atom. The smallest absolute Gasteiger partial charge is 0.152 e. The summed E-state index contributed by atoms with van der Waals surface area (Å²) >= 11 is 0. The monoisotopic (exact) mass is 249 g/mol. The molecule has 1 rings (SSSR count). The van der Waals surface area contributed by atoms with Crippen molar-refractivity contribution in [2.45, 2.75) is 38.4 Å². The number of ether oxygens (including phenoxy) is 1. The van der Waals surface area contributed by atoms with Gasteiger partial charge in [0.1, 0.15) is 0 Å². The zero-order valence-corrected chi connectivity index (χ0v) is 11.1. The zero-order chi connectivity index (χ0) is 12.2. The minimum absolute atomic E-state index is 0.108. The van der Waals surface area contributed by atoms with Gasteiger partial charge in [-0.05, 0) is 26.2 Å². The Hall–Kier alpha value is -0.130. The minimum atomic E-state index is -2.92. The predicted octanol–water partition coefficient (Wildman–Crippen LogP) is 0.955. The SMILES string of the molecule is CCOCC1(CN)CCC(S(=O)(=O)CC)C1. The lowest BCUT2D eigenvalue weighted by atomic mass is 9.87. The molecule has 2 unspecified atom stereocenters. The van der Waals surface area contributed by atoms with E-state index in [1.807, 2.05) is 6.92 Å². The molecule has 0 aromatic carbocycles. The van der Waals surface area contributed by atoms with E-state index in [2.05, 4.69) is 0 Å². The van der Waals surface area contributed by atoms with Crippen molar-refractivity contribution in [3.63, 3.8) is 0 Å². The molecule has 1 aliphatic rings. The van der Waals surface area contributed by atoms with Gasteiger partial charge in [0, 0.05) is 24.3 Å². The van der Waals surface area contributed by atoms with E-state index >= 15 is 0 Å². The van der Waals surface area contributed by atoms with E-state index in [1.165, 1.54) is 0 Å². The van der Waals surface area contributed by atoms with E-state index in [-0.39, 0.29) is 16.4 Å². The lowest BCUT2D eigenvalue weighted by molar-refractivity contribution is 0.0589. The molecule has 0 amide bonds. The fourth-order valence-corrected chi connectivity index (χ4v) is 3.95. The summed E-state index contributed by atoms with van der Waals surface area (Å²) in [6.07, 6.45) is 2.27. The molecule has 0 aliphatic heterocycles. The van der Waals surface area contributed by atoms with Crippen LogP contribution in [0.25, 0.3) is 0 Å². The van der Waals surface area contributed by atoms with E-state index in [0.717, 1.165) is 12.8 Å². The van der Waals surface area contributed by atoms with Crippen molar-refractivity contribution in [2.75, 3.05) is 25.5 Å². The van der Waals surface area contributed by atoms with Crippen LogP contribution >= 0.6 is 0 Å². The highest BCUT2D eigenvalue weighted by atomic mass is 32.2. The minimum Gasteiger partial charge on any atom is -0.381 e. The van der Waals surface area contributed by atoms with Crippen molar-refractivity contribution in [2.24, 2.45) is 11.1 Å². The maximum absolute atomic E-state index is 11.8. The molecule has 2 atom stereocenters. The molecule has 1 aliphatic carbocycles. The van der Waals surface area contributed by atoms with E-state index < -0.39 is 9.84 Å². The largest absolute Gasteiger partial charge is 0.381 e. The molecule has 0 spiro atoms. The van der Waals surface area contributed by atoms with Crippen molar-refractivity contribution < 1.29 is 13.2 Å². The van der Waals surface area contributed by atoms with Crippen LogP contribution in [0.3, 0.4) is 0 Å². The van der Waals surface area contributed by atoms with Gasteiger partial charge in [0.15, 0.2) is 9.84 Å². The lowest BCUT2D eigenvalue weighted by Crippen LogP contribution is -2.34. The van der Waals surface area contributed by atoms with Gasteiger partial charge in [0.2, 0.25) is 0 Å². The molecule has 4 nitrogen and oxygen atoms in total. The Kier molecular flexibility index (Phi) is 4.76. The maximum Gasteiger partial charge on any atom is 0.152 e. The molecule has 1 saturated carbocycles. The van der Waals surface area contributed by atoms with Gasteiger partial charge in [-0.2, -0.15) is 0 Å². The average Bonchev–Trinajstić information content (AvgIpc) is 2.72. The van der Waals surface area contributed by atoms with Crippen LogP contribution < -0.4 is 5.73 Å². The highest BCUT2D eigenvalue weighted by molar-refractivity contribution is 7.92. The molecule has 0 saturated heterocycles. The number of sulfone groups is 1. The summed E-state index contributed by atoms with van der Waals surface area (Å²) in [6.45, 7) is 5.42. The summed E-state index contributed by atoms with van der Waals surface area (Å²) in [6, 6.07) is 0. The number of rotatable bonds is 6. The molecule has 16 heavy (non-hydrogen) atoms. The second-order valence-corrected chi connectivity index (χ2v) is 7.23. The highest BCUT2D eigenvalue weighted by Gasteiger charge is 2.42. The Morgan fingerprint density at radius 2 is 2.12 bits per heavy atom. The first-order valence-corrected chi connectivity index (χ1v) is 7.70. The quantitative estimate of drug-likeness (QED) is 0.761. The van der Waals surface area contributed by atoms with Crippen LogP contribution in [0.2, 0.25) is 0 Å². The summed E-state index contributed by atoms with van der Waals surface area (Å²) < 4.78 is 29.0. The zero-order valence-electron chi connectivity index (χ0n) is 10.2. The number of hydrogen-bond donors (Lipinski definition) is 1. The Balaban J connectivity index is 2.67. The number of nitrogens with two attached hydrogens (primary N) is 1. The van der Waals surface area contributed by atoms with Gasteiger partial charge in [0.25, 0.3) is 0 Å². The van der Waals surface area contributed by atoms with Gasteiger partial charge < -0.3 is 10.5 Å². The molecule has 0 bridgehead atoms. The second kappa shape index (κ2) is 5.47. The summed E-state index contributed by atoms with van der Waals surface area (Å²) in [5.74, 6) is 0.229. The van der Waals surface area contributed by atoms with Crippen molar-refractivity contribution in [3.05, 3.63) is 0 Å². The standard InChI is InChI=1S/C11H23NO3S/c1-3-15-9-11(8-12)6-5-10(7-11)16(13,14)4-2/h10H,3-9,12H2,1-2H3. The summed E-state index contributed by atoms with van der Waals surface area (Å²) in [4.78, 5) is 0. The Labute approximate surface area is 98.5 Å². The van der Waals surface area contributed by atoms with Gasteiger partial charge in [0.05, 0.1) is 11.9 Å². The Morgan fingerprint density at radius 1 is 1.44 bits per heavy atom. The van der Waals surface area contributed by atoms with Crippen LogP contribution in [0, 0.1) is 5.41 Å². The van der Waals surface area contributed by atoms with Gasteiger partial charge in [-0.3, -0.25) is 0 Å². The topological polar surface area (TPSA) is 69.4 Å². The second-order valence-electron chi connectivity index (χ2n) is 4.66. The third-order valence-electron chi connectivity index (χ3n) is 3.61. The average molecular weight is 249 g/mol. The third-order valence-corrected chi connectivity index (χ3v) is 5.84. The van der Waals surface area contributed by atoms with Gasteiger partial charge in [-0.1, -0.05) is 6.92 Å². The molecule has 1 fully saturated rings. The van der Waals surface area contributed by atoms with E-state index in [1.54, 1.807) is 6.92 Å². The maximum atomic E-state index is 11.8. The van der Waals surface area contributed by atoms with Crippen molar-refractivity contribution in [1.82, 2.24) is 0 Å². The molecule has 96 valence electrons. The van der Waals surface area contributed by atoms with Crippen LogP contribution in [0.1, 0.15) is 33.1 Å². The van der Waals surface area contributed by atoms with Crippen molar-refractivity contribution in [3.8, 4) is 0 Å². The van der Waals surface area contributed by atoms with Crippen LogP contribution in [0.5, 0.6) is 0 Å². The lowest BCUT2D eigenvalue weighted by Gasteiger charge is -2.27. The molecule has 2 N–H and O–H groups in total. The van der Waals surface area contributed by atoms with E-state index in [0.29, 0.717) is 26.2 Å². The van der Waals surface area contributed by atoms with Gasteiger partial charge in [-0.25, -0.2) is 8.42 Å². The summed E-state index contributed by atoms with van der Waals surface area (Å²) in [7, 11) is -2.92. The van der Waals surface area contributed by atoms with Crippen molar-refractivity contribution >= 4 is 9.84 Å².